The molecule has 0 spiro atoms. The van der Waals surface area contributed by atoms with E-state index in [0.717, 1.165) is 24.3 Å². The van der Waals surface area contributed by atoms with Gasteiger partial charge >= 0.3 is 0 Å². The minimum Gasteiger partial charge on any atom is -0.378 e. The van der Waals surface area contributed by atoms with Crippen molar-refractivity contribution in [1.82, 2.24) is 10.6 Å². The average molecular weight is 277 g/mol. The summed E-state index contributed by atoms with van der Waals surface area (Å²) in [6.07, 6.45) is 0. The maximum absolute atomic E-state index is 12.3. The van der Waals surface area contributed by atoms with E-state index < -0.39 is 0 Å². The number of rotatable bonds is 5. The van der Waals surface area contributed by atoms with Gasteiger partial charge in [0, 0.05) is 31.4 Å². The highest BCUT2D eigenvalue weighted by atomic mass is 16.5. The molecule has 1 amide bonds. The van der Waals surface area contributed by atoms with Gasteiger partial charge in [-0.2, -0.15) is 0 Å². The van der Waals surface area contributed by atoms with E-state index in [1.54, 1.807) is 0 Å². The molecular formula is C15H23N3O2. The van der Waals surface area contributed by atoms with E-state index in [0.29, 0.717) is 19.8 Å². The first-order valence-electron chi connectivity index (χ1n) is 7.09. The third-order valence-electron chi connectivity index (χ3n) is 3.56. The SMILES string of the molecule is CNC(C)CNC(=O)c1ccccc1N1CCOCC1. The number of carbonyl (C=O) groups excluding carboxylic acids is 1. The fraction of sp³-hybridized carbons (Fsp3) is 0.533. The largest absolute Gasteiger partial charge is 0.378 e. The normalized spacial score (nSPS) is 16.8. The van der Waals surface area contributed by atoms with Crippen molar-refractivity contribution >= 4 is 11.6 Å². The smallest absolute Gasteiger partial charge is 0.253 e. The highest BCUT2D eigenvalue weighted by Gasteiger charge is 2.18. The summed E-state index contributed by atoms with van der Waals surface area (Å²) in [5.74, 6) is -0.0193. The number of morpholine rings is 1. The molecule has 110 valence electrons. The summed E-state index contributed by atoms with van der Waals surface area (Å²) in [5, 5.41) is 6.08. The van der Waals surface area contributed by atoms with E-state index in [1.165, 1.54) is 0 Å². The predicted octanol–water partition coefficient (Wildman–Crippen LogP) is 0.861. The van der Waals surface area contributed by atoms with Crippen LogP contribution in [0, 0.1) is 0 Å². The molecule has 1 aromatic rings. The van der Waals surface area contributed by atoms with Crippen LogP contribution in [0.3, 0.4) is 0 Å². The molecule has 1 unspecified atom stereocenters. The molecule has 0 radical (unpaired) electrons. The van der Waals surface area contributed by atoms with Crippen LogP contribution in [0.2, 0.25) is 0 Å². The third-order valence-corrected chi connectivity index (χ3v) is 3.56. The number of para-hydroxylation sites is 1. The Morgan fingerprint density at radius 3 is 2.75 bits per heavy atom. The summed E-state index contributed by atoms with van der Waals surface area (Å²) in [6.45, 7) is 5.74. The van der Waals surface area contributed by atoms with Crippen LogP contribution in [0.15, 0.2) is 24.3 Å². The van der Waals surface area contributed by atoms with E-state index in [9.17, 15) is 4.79 Å². The maximum atomic E-state index is 12.3. The Morgan fingerprint density at radius 1 is 1.35 bits per heavy atom. The average Bonchev–Trinajstić information content (AvgIpc) is 2.53. The molecule has 1 atom stereocenters. The second-order valence-corrected chi connectivity index (χ2v) is 5.02. The lowest BCUT2D eigenvalue weighted by atomic mass is 10.1. The van der Waals surface area contributed by atoms with Gasteiger partial charge in [0.05, 0.1) is 18.8 Å². The van der Waals surface area contributed by atoms with Crippen LogP contribution in [-0.4, -0.2) is 51.8 Å². The molecule has 5 heteroatoms. The standard InChI is InChI=1S/C15H23N3O2/c1-12(16-2)11-17-15(19)13-5-3-4-6-14(13)18-7-9-20-10-8-18/h3-6,12,16H,7-11H2,1-2H3,(H,17,19). The van der Waals surface area contributed by atoms with Gasteiger partial charge in [0.2, 0.25) is 0 Å². The molecule has 0 saturated carbocycles. The summed E-state index contributed by atoms with van der Waals surface area (Å²) < 4.78 is 5.36. The van der Waals surface area contributed by atoms with E-state index in [4.69, 9.17) is 4.74 Å². The second kappa shape index (κ2) is 7.26. The number of ether oxygens (including phenoxy) is 1. The summed E-state index contributed by atoms with van der Waals surface area (Å²) in [6, 6.07) is 8.01. The summed E-state index contributed by atoms with van der Waals surface area (Å²) in [5.41, 5.74) is 1.73. The van der Waals surface area contributed by atoms with Gasteiger partial charge in [0.25, 0.3) is 5.91 Å². The van der Waals surface area contributed by atoms with Crippen LogP contribution in [0.25, 0.3) is 0 Å². The molecule has 1 aliphatic heterocycles. The summed E-state index contributed by atoms with van der Waals surface area (Å²) in [4.78, 5) is 14.5. The maximum Gasteiger partial charge on any atom is 0.253 e. The van der Waals surface area contributed by atoms with Crippen molar-refractivity contribution in [3.05, 3.63) is 29.8 Å². The highest BCUT2D eigenvalue weighted by molar-refractivity contribution is 5.99. The molecular weight excluding hydrogens is 254 g/mol. The Bertz CT molecular complexity index is 444. The van der Waals surface area contributed by atoms with Crippen molar-refractivity contribution in [2.45, 2.75) is 13.0 Å². The van der Waals surface area contributed by atoms with Crippen LogP contribution in [0.1, 0.15) is 17.3 Å². The predicted molar refractivity (Wildman–Crippen MR) is 80.3 cm³/mol. The van der Waals surface area contributed by atoms with E-state index in [2.05, 4.69) is 15.5 Å². The highest BCUT2D eigenvalue weighted by Crippen LogP contribution is 2.21. The zero-order valence-electron chi connectivity index (χ0n) is 12.2. The summed E-state index contributed by atoms with van der Waals surface area (Å²) >= 11 is 0. The quantitative estimate of drug-likeness (QED) is 0.838. The first kappa shape index (κ1) is 14.8. The summed E-state index contributed by atoms with van der Waals surface area (Å²) in [7, 11) is 1.89. The number of likely N-dealkylation sites (N-methyl/N-ethyl adjacent to an activating group) is 1. The Morgan fingerprint density at radius 2 is 2.05 bits per heavy atom. The molecule has 2 N–H and O–H groups in total. The zero-order chi connectivity index (χ0) is 14.4. The van der Waals surface area contributed by atoms with Crippen molar-refractivity contribution in [3.63, 3.8) is 0 Å². The topological polar surface area (TPSA) is 53.6 Å². The Kier molecular flexibility index (Phi) is 5.38. The Balaban J connectivity index is 2.08. The van der Waals surface area contributed by atoms with E-state index >= 15 is 0 Å². The van der Waals surface area contributed by atoms with Crippen molar-refractivity contribution in [1.29, 1.82) is 0 Å². The number of carbonyl (C=O) groups is 1. The van der Waals surface area contributed by atoms with Gasteiger partial charge in [-0.25, -0.2) is 0 Å². The first-order valence-corrected chi connectivity index (χ1v) is 7.09. The molecule has 20 heavy (non-hydrogen) atoms. The van der Waals surface area contributed by atoms with Gasteiger partial charge in [0.1, 0.15) is 0 Å². The fourth-order valence-electron chi connectivity index (χ4n) is 2.19. The molecule has 0 aliphatic carbocycles. The van der Waals surface area contributed by atoms with Crippen molar-refractivity contribution in [2.75, 3.05) is 44.8 Å². The van der Waals surface area contributed by atoms with Crippen molar-refractivity contribution < 1.29 is 9.53 Å². The minimum absolute atomic E-state index is 0.0193. The van der Waals surface area contributed by atoms with Gasteiger partial charge in [0.15, 0.2) is 0 Å². The lowest BCUT2D eigenvalue weighted by Gasteiger charge is -2.30. The lowest BCUT2D eigenvalue weighted by molar-refractivity contribution is 0.0949. The van der Waals surface area contributed by atoms with Gasteiger partial charge < -0.3 is 20.3 Å². The number of amides is 1. The van der Waals surface area contributed by atoms with Crippen molar-refractivity contribution in [2.24, 2.45) is 0 Å². The van der Waals surface area contributed by atoms with Crippen LogP contribution in [0.5, 0.6) is 0 Å². The fourth-order valence-corrected chi connectivity index (χ4v) is 2.19. The van der Waals surface area contributed by atoms with Gasteiger partial charge in [-0.05, 0) is 26.1 Å². The first-order chi connectivity index (χ1) is 9.72. The number of hydrogen-bond donors (Lipinski definition) is 2. The molecule has 1 fully saturated rings. The number of hydrogen-bond acceptors (Lipinski definition) is 4. The lowest BCUT2D eigenvalue weighted by Crippen LogP contribution is -2.40. The molecule has 1 aliphatic rings. The Labute approximate surface area is 120 Å². The van der Waals surface area contributed by atoms with E-state index in [1.807, 2.05) is 38.2 Å². The van der Waals surface area contributed by atoms with Crippen LogP contribution < -0.4 is 15.5 Å². The van der Waals surface area contributed by atoms with Crippen molar-refractivity contribution in [3.8, 4) is 0 Å². The van der Waals surface area contributed by atoms with Crippen LogP contribution in [0.4, 0.5) is 5.69 Å². The van der Waals surface area contributed by atoms with Gasteiger partial charge in [-0.1, -0.05) is 12.1 Å². The minimum atomic E-state index is -0.0193. The Hall–Kier alpha value is -1.59. The third kappa shape index (κ3) is 3.71. The molecule has 1 heterocycles. The molecule has 0 aromatic heterocycles. The number of nitrogens with zero attached hydrogens (tertiary/aromatic N) is 1. The number of benzene rings is 1. The second-order valence-electron chi connectivity index (χ2n) is 5.02. The molecule has 0 bridgehead atoms. The monoisotopic (exact) mass is 277 g/mol. The zero-order valence-corrected chi connectivity index (χ0v) is 12.2. The molecule has 5 nitrogen and oxygen atoms in total. The van der Waals surface area contributed by atoms with Crippen LogP contribution in [-0.2, 0) is 4.74 Å². The molecule has 2 rings (SSSR count). The molecule has 1 saturated heterocycles. The van der Waals surface area contributed by atoms with E-state index in [-0.39, 0.29) is 11.9 Å². The van der Waals surface area contributed by atoms with Gasteiger partial charge in [-0.3, -0.25) is 4.79 Å². The van der Waals surface area contributed by atoms with Gasteiger partial charge in [-0.15, -0.1) is 0 Å². The number of anilines is 1. The molecule has 1 aromatic carbocycles. The number of nitrogens with one attached hydrogen (secondary N) is 2. The van der Waals surface area contributed by atoms with Crippen LogP contribution >= 0.6 is 0 Å².